The van der Waals surface area contributed by atoms with E-state index in [4.69, 9.17) is 27.9 Å². The van der Waals surface area contributed by atoms with E-state index in [0.717, 1.165) is 57.6 Å². The maximum absolute atomic E-state index is 11.1. The second-order valence-electron chi connectivity index (χ2n) is 5.98. The van der Waals surface area contributed by atoms with Gasteiger partial charge in [-0.2, -0.15) is 0 Å². The average Bonchev–Trinajstić information content (AvgIpc) is 3.01. The van der Waals surface area contributed by atoms with Gasteiger partial charge in [-0.3, -0.25) is 4.90 Å². The van der Waals surface area contributed by atoms with E-state index in [1.807, 2.05) is 0 Å². The summed E-state index contributed by atoms with van der Waals surface area (Å²) in [5.41, 5.74) is 0.524. The van der Waals surface area contributed by atoms with Gasteiger partial charge in [-0.05, 0) is 31.0 Å². The molecule has 1 aromatic rings. The Bertz CT molecular complexity index is 497. The summed E-state index contributed by atoms with van der Waals surface area (Å²) in [5, 5.41) is 12.3. The van der Waals surface area contributed by atoms with Gasteiger partial charge in [0, 0.05) is 28.7 Å². The van der Waals surface area contributed by atoms with Crippen molar-refractivity contribution in [3.05, 3.63) is 33.8 Å². The molecule has 1 heterocycles. The molecule has 1 atom stereocenters. The molecule has 0 amide bonds. The van der Waals surface area contributed by atoms with Gasteiger partial charge >= 0.3 is 0 Å². The molecule has 5 heteroatoms. The Balaban J connectivity index is 1.94. The van der Waals surface area contributed by atoms with Crippen LogP contribution in [-0.2, 0) is 4.74 Å². The Labute approximate surface area is 135 Å². The van der Waals surface area contributed by atoms with Crippen molar-refractivity contribution >= 4 is 23.2 Å². The van der Waals surface area contributed by atoms with E-state index >= 15 is 0 Å². The first-order valence-electron chi connectivity index (χ1n) is 7.59. The minimum Gasteiger partial charge on any atom is -0.386 e. The molecule has 1 N–H and O–H groups in total. The molecule has 3 nitrogen and oxygen atoms in total. The Hall–Kier alpha value is -0.320. The summed E-state index contributed by atoms with van der Waals surface area (Å²) in [6.07, 6.45) is 3.68. The zero-order chi connectivity index (χ0) is 14.9. The monoisotopic (exact) mass is 329 g/mol. The predicted molar refractivity (Wildman–Crippen MR) is 85.0 cm³/mol. The molecule has 1 saturated heterocycles. The number of benzene rings is 1. The van der Waals surface area contributed by atoms with Crippen LogP contribution in [-0.4, -0.2) is 41.8 Å². The molecule has 0 bridgehead atoms. The molecule has 1 aromatic carbocycles. The van der Waals surface area contributed by atoms with Gasteiger partial charge in [0.2, 0.25) is 0 Å². The smallest absolute Gasteiger partial charge is 0.0988 e. The van der Waals surface area contributed by atoms with E-state index in [0.29, 0.717) is 10.0 Å². The van der Waals surface area contributed by atoms with E-state index in [1.54, 1.807) is 18.2 Å². The normalized spacial score (nSPS) is 24.1. The molecule has 1 aliphatic heterocycles. The zero-order valence-corrected chi connectivity index (χ0v) is 13.5. The highest BCUT2D eigenvalue weighted by Crippen LogP contribution is 2.46. The van der Waals surface area contributed by atoms with Crippen LogP contribution in [0.15, 0.2) is 18.2 Å². The van der Waals surface area contributed by atoms with Crippen LogP contribution in [0.2, 0.25) is 10.0 Å². The summed E-state index contributed by atoms with van der Waals surface area (Å²) in [4.78, 5) is 2.39. The second-order valence-corrected chi connectivity index (χ2v) is 6.82. The fourth-order valence-corrected chi connectivity index (χ4v) is 4.17. The summed E-state index contributed by atoms with van der Waals surface area (Å²) in [7, 11) is 0. The summed E-state index contributed by atoms with van der Waals surface area (Å²) in [6, 6.07) is 5.33. The Morgan fingerprint density at radius 3 is 2.48 bits per heavy atom. The Kier molecular flexibility index (Phi) is 4.77. The largest absolute Gasteiger partial charge is 0.386 e. The number of hydrogen-bond donors (Lipinski definition) is 1. The third-order valence-electron chi connectivity index (χ3n) is 4.87. The van der Waals surface area contributed by atoms with Crippen LogP contribution in [0.3, 0.4) is 0 Å². The van der Waals surface area contributed by atoms with Crippen molar-refractivity contribution in [3.8, 4) is 0 Å². The molecule has 0 radical (unpaired) electrons. The second kappa shape index (κ2) is 6.43. The number of hydrogen-bond acceptors (Lipinski definition) is 3. The van der Waals surface area contributed by atoms with E-state index < -0.39 is 6.10 Å². The zero-order valence-electron chi connectivity index (χ0n) is 12.0. The molecule has 2 aliphatic rings. The van der Waals surface area contributed by atoms with E-state index in [2.05, 4.69) is 4.90 Å². The minimum absolute atomic E-state index is 0.224. The van der Waals surface area contributed by atoms with Crippen LogP contribution in [0.5, 0.6) is 0 Å². The molecule has 1 saturated carbocycles. The Morgan fingerprint density at radius 1 is 1.14 bits per heavy atom. The van der Waals surface area contributed by atoms with E-state index in [9.17, 15) is 5.11 Å². The fourth-order valence-electron chi connectivity index (χ4n) is 3.77. The maximum atomic E-state index is 11.1. The lowest BCUT2D eigenvalue weighted by Crippen LogP contribution is -2.55. The van der Waals surface area contributed by atoms with Gasteiger partial charge in [0.15, 0.2) is 0 Å². The molecular weight excluding hydrogens is 309 g/mol. The van der Waals surface area contributed by atoms with Gasteiger partial charge in [-0.1, -0.05) is 36.0 Å². The van der Waals surface area contributed by atoms with E-state index in [1.165, 1.54) is 0 Å². The third-order valence-corrected chi connectivity index (χ3v) is 5.45. The quantitative estimate of drug-likeness (QED) is 0.918. The van der Waals surface area contributed by atoms with Gasteiger partial charge in [-0.15, -0.1) is 0 Å². The highest BCUT2D eigenvalue weighted by Gasteiger charge is 2.46. The summed E-state index contributed by atoms with van der Waals surface area (Å²) >= 11 is 12.4. The van der Waals surface area contributed by atoms with Crippen LogP contribution < -0.4 is 0 Å². The van der Waals surface area contributed by atoms with Gasteiger partial charge in [0.1, 0.15) is 0 Å². The molecular formula is C16H21Cl2NO2. The maximum Gasteiger partial charge on any atom is 0.0988 e. The van der Waals surface area contributed by atoms with Crippen LogP contribution in [0.25, 0.3) is 0 Å². The van der Waals surface area contributed by atoms with Crippen LogP contribution in [0, 0.1) is 0 Å². The van der Waals surface area contributed by atoms with Crippen molar-refractivity contribution in [2.45, 2.75) is 37.3 Å². The first-order chi connectivity index (χ1) is 10.1. The lowest BCUT2D eigenvalue weighted by atomic mass is 9.83. The summed E-state index contributed by atoms with van der Waals surface area (Å²) in [6.45, 7) is 3.21. The van der Waals surface area contributed by atoms with Gasteiger partial charge in [0.05, 0.1) is 24.9 Å². The standard InChI is InChI=1S/C16H21Cl2NO2/c17-12-3-4-14(18)13(11-12)15(20)16(5-1-2-6-16)19-7-9-21-10-8-19/h3-4,11,15,20H,1-2,5-10H2. The first-order valence-corrected chi connectivity index (χ1v) is 8.35. The molecule has 0 spiro atoms. The van der Waals surface area contributed by atoms with E-state index in [-0.39, 0.29) is 5.54 Å². The van der Waals surface area contributed by atoms with Crippen LogP contribution in [0.1, 0.15) is 37.4 Å². The van der Waals surface area contributed by atoms with Crippen molar-refractivity contribution in [1.82, 2.24) is 4.90 Å². The fraction of sp³-hybridized carbons (Fsp3) is 0.625. The van der Waals surface area contributed by atoms with Crippen LogP contribution in [0.4, 0.5) is 0 Å². The first kappa shape index (κ1) is 15.6. The molecule has 3 rings (SSSR count). The highest BCUT2D eigenvalue weighted by molar-refractivity contribution is 6.33. The number of halogens is 2. The number of morpholine rings is 1. The van der Waals surface area contributed by atoms with Crippen molar-refractivity contribution < 1.29 is 9.84 Å². The number of rotatable bonds is 3. The molecule has 2 fully saturated rings. The average molecular weight is 330 g/mol. The number of nitrogens with zero attached hydrogens (tertiary/aromatic N) is 1. The summed E-state index contributed by atoms with van der Waals surface area (Å²) < 4.78 is 5.46. The lowest BCUT2D eigenvalue weighted by Gasteiger charge is -2.46. The Morgan fingerprint density at radius 2 is 1.81 bits per heavy atom. The number of aliphatic hydroxyl groups excluding tert-OH is 1. The predicted octanol–water partition coefficient (Wildman–Crippen LogP) is 3.67. The lowest BCUT2D eigenvalue weighted by molar-refractivity contribution is -0.0774. The number of ether oxygens (including phenoxy) is 1. The molecule has 0 aromatic heterocycles. The summed E-state index contributed by atoms with van der Waals surface area (Å²) in [5.74, 6) is 0. The van der Waals surface area contributed by atoms with Crippen molar-refractivity contribution in [2.75, 3.05) is 26.3 Å². The van der Waals surface area contributed by atoms with Crippen LogP contribution >= 0.6 is 23.2 Å². The molecule has 116 valence electrons. The third kappa shape index (κ3) is 2.95. The van der Waals surface area contributed by atoms with Gasteiger partial charge in [0.25, 0.3) is 0 Å². The molecule has 21 heavy (non-hydrogen) atoms. The van der Waals surface area contributed by atoms with Gasteiger partial charge < -0.3 is 9.84 Å². The topological polar surface area (TPSA) is 32.7 Å². The van der Waals surface area contributed by atoms with Crippen molar-refractivity contribution in [1.29, 1.82) is 0 Å². The molecule has 1 unspecified atom stereocenters. The van der Waals surface area contributed by atoms with Crippen molar-refractivity contribution in [3.63, 3.8) is 0 Å². The van der Waals surface area contributed by atoms with Gasteiger partial charge in [-0.25, -0.2) is 0 Å². The highest BCUT2D eigenvalue weighted by atomic mass is 35.5. The molecule has 1 aliphatic carbocycles. The SMILES string of the molecule is OC(c1cc(Cl)ccc1Cl)C1(N2CCOCC2)CCCC1. The van der Waals surface area contributed by atoms with Crippen molar-refractivity contribution in [2.24, 2.45) is 0 Å². The number of aliphatic hydroxyl groups is 1. The minimum atomic E-state index is -0.607.